The molecule has 0 saturated carbocycles. The van der Waals surface area contributed by atoms with Crippen LogP contribution in [0.4, 0.5) is 13.2 Å². The van der Waals surface area contributed by atoms with Crippen molar-refractivity contribution in [2.45, 2.75) is 38.6 Å². The number of alkyl halides is 3. The molecular weight excluding hydrogens is 311 g/mol. The quantitative estimate of drug-likeness (QED) is 0.894. The zero-order chi connectivity index (χ0) is 16.9. The van der Waals surface area contributed by atoms with Crippen LogP contribution < -0.4 is 4.74 Å². The van der Waals surface area contributed by atoms with E-state index in [1.54, 1.807) is 12.1 Å². The van der Waals surface area contributed by atoms with Crippen molar-refractivity contribution in [1.82, 2.24) is 4.90 Å². The zero-order valence-electron chi connectivity index (χ0n) is 12.7. The molecule has 2 rings (SSSR count). The van der Waals surface area contributed by atoms with Crippen LogP contribution in [-0.2, 0) is 11.3 Å². The number of carbonyl (C=O) groups is 1. The first kappa shape index (κ1) is 17.6. The van der Waals surface area contributed by atoms with Gasteiger partial charge in [-0.1, -0.05) is 12.1 Å². The maximum absolute atomic E-state index is 12.1. The van der Waals surface area contributed by atoms with E-state index in [9.17, 15) is 18.0 Å². The van der Waals surface area contributed by atoms with Gasteiger partial charge in [-0.25, -0.2) is 0 Å². The molecule has 7 heteroatoms. The number of likely N-dealkylation sites (tertiary alicyclic amines) is 1. The van der Waals surface area contributed by atoms with Crippen molar-refractivity contribution in [1.29, 1.82) is 0 Å². The SMILES string of the molecule is O=C(O)C[C@@H]1CCCN(Cc2ccc(OC(F)(F)F)cc2)CC1. The predicted molar refractivity (Wildman–Crippen MR) is 78.0 cm³/mol. The van der Waals surface area contributed by atoms with Crippen LogP contribution in [0.25, 0.3) is 0 Å². The van der Waals surface area contributed by atoms with Crippen molar-refractivity contribution in [3.8, 4) is 5.75 Å². The van der Waals surface area contributed by atoms with Gasteiger partial charge in [-0.15, -0.1) is 13.2 Å². The highest BCUT2D eigenvalue weighted by Gasteiger charge is 2.31. The van der Waals surface area contributed by atoms with E-state index in [4.69, 9.17) is 5.11 Å². The molecule has 0 aromatic heterocycles. The van der Waals surface area contributed by atoms with Gasteiger partial charge in [-0.2, -0.15) is 0 Å². The summed E-state index contributed by atoms with van der Waals surface area (Å²) in [5.74, 6) is -0.776. The maximum Gasteiger partial charge on any atom is 0.573 e. The van der Waals surface area contributed by atoms with Gasteiger partial charge >= 0.3 is 12.3 Å². The number of benzene rings is 1. The van der Waals surface area contributed by atoms with Crippen molar-refractivity contribution < 1.29 is 27.8 Å². The van der Waals surface area contributed by atoms with Crippen LogP contribution in [0, 0.1) is 5.92 Å². The Kier molecular flexibility index (Phi) is 5.87. The first-order valence-electron chi connectivity index (χ1n) is 7.60. The third kappa shape index (κ3) is 6.48. The first-order chi connectivity index (χ1) is 10.8. The van der Waals surface area contributed by atoms with Gasteiger partial charge in [-0.3, -0.25) is 9.69 Å². The molecule has 1 aromatic rings. The molecule has 1 saturated heterocycles. The van der Waals surface area contributed by atoms with Gasteiger partial charge in [0.25, 0.3) is 0 Å². The lowest BCUT2D eigenvalue weighted by Crippen LogP contribution is -2.24. The summed E-state index contributed by atoms with van der Waals surface area (Å²) in [6.45, 7) is 2.32. The van der Waals surface area contributed by atoms with Gasteiger partial charge in [0.2, 0.25) is 0 Å². The molecule has 1 aliphatic heterocycles. The molecule has 0 spiro atoms. The molecule has 0 bridgehead atoms. The van der Waals surface area contributed by atoms with E-state index in [-0.39, 0.29) is 18.1 Å². The Morgan fingerprint density at radius 3 is 2.52 bits per heavy atom. The number of halogens is 3. The van der Waals surface area contributed by atoms with Crippen molar-refractivity contribution in [3.05, 3.63) is 29.8 Å². The molecule has 23 heavy (non-hydrogen) atoms. The third-order valence-corrected chi connectivity index (χ3v) is 3.97. The summed E-state index contributed by atoms with van der Waals surface area (Å²) in [5.41, 5.74) is 0.913. The number of carboxylic acid groups (broad SMARTS) is 1. The molecule has 4 nitrogen and oxygen atoms in total. The Balaban J connectivity index is 1.86. The highest BCUT2D eigenvalue weighted by atomic mass is 19.4. The highest BCUT2D eigenvalue weighted by Crippen LogP contribution is 2.24. The summed E-state index contributed by atoms with van der Waals surface area (Å²) in [7, 11) is 0. The Morgan fingerprint density at radius 1 is 1.22 bits per heavy atom. The summed E-state index contributed by atoms with van der Waals surface area (Å²) >= 11 is 0. The monoisotopic (exact) mass is 331 g/mol. The van der Waals surface area contributed by atoms with Crippen LogP contribution in [0.15, 0.2) is 24.3 Å². The largest absolute Gasteiger partial charge is 0.573 e. The lowest BCUT2D eigenvalue weighted by molar-refractivity contribution is -0.274. The van der Waals surface area contributed by atoms with Gasteiger partial charge in [-0.05, 0) is 56.0 Å². The van der Waals surface area contributed by atoms with Crippen molar-refractivity contribution >= 4 is 5.97 Å². The minimum Gasteiger partial charge on any atom is -0.481 e. The van der Waals surface area contributed by atoms with Crippen molar-refractivity contribution in [2.24, 2.45) is 5.92 Å². The van der Waals surface area contributed by atoms with Crippen molar-refractivity contribution in [2.75, 3.05) is 13.1 Å². The number of aliphatic carboxylic acids is 1. The third-order valence-electron chi connectivity index (χ3n) is 3.97. The van der Waals surface area contributed by atoms with Gasteiger partial charge in [0, 0.05) is 13.0 Å². The fraction of sp³-hybridized carbons (Fsp3) is 0.562. The lowest BCUT2D eigenvalue weighted by Gasteiger charge is -2.20. The number of hydrogen-bond acceptors (Lipinski definition) is 3. The second kappa shape index (κ2) is 7.68. The second-order valence-corrected chi connectivity index (χ2v) is 5.86. The Hall–Kier alpha value is -1.76. The summed E-state index contributed by atoms with van der Waals surface area (Å²) in [6, 6.07) is 5.88. The van der Waals surface area contributed by atoms with Crippen LogP contribution >= 0.6 is 0 Å². The van der Waals surface area contributed by atoms with Gasteiger partial charge in [0.15, 0.2) is 0 Å². The molecule has 128 valence electrons. The summed E-state index contributed by atoms with van der Waals surface area (Å²) < 4.78 is 40.2. The van der Waals surface area contributed by atoms with Crippen LogP contribution in [0.1, 0.15) is 31.2 Å². The summed E-state index contributed by atoms with van der Waals surface area (Å²) in [5, 5.41) is 8.86. The molecule has 1 aromatic carbocycles. The van der Waals surface area contributed by atoms with E-state index in [2.05, 4.69) is 9.64 Å². The average Bonchev–Trinajstić information content (AvgIpc) is 2.64. The Labute approximate surface area is 132 Å². The lowest BCUT2D eigenvalue weighted by atomic mass is 9.97. The zero-order valence-corrected chi connectivity index (χ0v) is 12.7. The molecule has 1 aliphatic rings. The van der Waals surface area contributed by atoms with E-state index in [1.807, 2.05) is 0 Å². The van der Waals surface area contributed by atoms with Crippen LogP contribution in [0.5, 0.6) is 5.75 Å². The fourth-order valence-electron chi connectivity index (χ4n) is 2.89. The molecule has 0 radical (unpaired) electrons. The molecule has 1 fully saturated rings. The number of rotatable bonds is 5. The van der Waals surface area contributed by atoms with Crippen LogP contribution in [-0.4, -0.2) is 35.4 Å². The first-order valence-corrected chi connectivity index (χ1v) is 7.60. The molecule has 0 unspecified atom stereocenters. The maximum atomic E-state index is 12.1. The Bertz CT molecular complexity index is 516. The van der Waals surface area contributed by atoms with Gasteiger partial charge < -0.3 is 9.84 Å². The molecular formula is C16H20F3NO3. The van der Waals surface area contributed by atoms with Gasteiger partial charge in [0.1, 0.15) is 5.75 Å². The van der Waals surface area contributed by atoms with Crippen LogP contribution in [0.2, 0.25) is 0 Å². The average molecular weight is 331 g/mol. The molecule has 1 N–H and O–H groups in total. The van der Waals surface area contributed by atoms with E-state index >= 15 is 0 Å². The number of carboxylic acids is 1. The minimum atomic E-state index is -4.68. The molecule has 0 amide bonds. The number of nitrogens with zero attached hydrogens (tertiary/aromatic N) is 1. The predicted octanol–water partition coefficient (Wildman–Crippen LogP) is 3.66. The number of hydrogen-bond donors (Lipinski definition) is 1. The van der Waals surface area contributed by atoms with E-state index in [0.717, 1.165) is 37.9 Å². The summed E-state index contributed by atoms with van der Waals surface area (Å²) in [4.78, 5) is 13.0. The number of ether oxygens (including phenoxy) is 1. The van der Waals surface area contributed by atoms with E-state index in [1.165, 1.54) is 12.1 Å². The fourth-order valence-corrected chi connectivity index (χ4v) is 2.89. The normalized spacial score (nSPS) is 20.0. The summed E-state index contributed by atoms with van der Waals surface area (Å²) in [6.07, 6.45) is -1.79. The molecule has 1 atom stereocenters. The molecule has 1 heterocycles. The topological polar surface area (TPSA) is 49.8 Å². The standard InChI is InChI=1S/C16H20F3NO3/c17-16(18,19)23-14-5-3-13(4-6-14)11-20-8-1-2-12(7-9-20)10-15(21)22/h3-6,12H,1-2,7-11H2,(H,21,22)/t12-/m1/s1. The van der Waals surface area contributed by atoms with Crippen LogP contribution in [0.3, 0.4) is 0 Å². The van der Waals surface area contributed by atoms with E-state index in [0.29, 0.717) is 6.54 Å². The second-order valence-electron chi connectivity index (χ2n) is 5.86. The minimum absolute atomic E-state index is 0.206. The van der Waals surface area contributed by atoms with E-state index < -0.39 is 12.3 Å². The Morgan fingerprint density at radius 2 is 1.91 bits per heavy atom. The highest BCUT2D eigenvalue weighted by molar-refractivity contribution is 5.67. The molecule has 0 aliphatic carbocycles. The smallest absolute Gasteiger partial charge is 0.481 e. The van der Waals surface area contributed by atoms with Crippen molar-refractivity contribution in [3.63, 3.8) is 0 Å². The van der Waals surface area contributed by atoms with Gasteiger partial charge in [0.05, 0.1) is 0 Å².